The Hall–Kier alpha value is -0.370. The Balaban J connectivity index is 2.06. The van der Waals surface area contributed by atoms with Crippen LogP contribution in [0.1, 0.15) is 45.4 Å². The molecule has 13 heavy (non-hydrogen) atoms. The molecule has 1 aliphatic rings. The van der Waals surface area contributed by atoms with Gasteiger partial charge in [-0.1, -0.05) is 6.92 Å². The highest BCUT2D eigenvalue weighted by molar-refractivity contribution is 5.78. The van der Waals surface area contributed by atoms with Crippen molar-refractivity contribution < 1.29 is 4.79 Å². The molecule has 1 heterocycles. The van der Waals surface area contributed by atoms with E-state index in [2.05, 4.69) is 12.2 Å². The molecule has 0 amide bonds. The Morgan fingerprint density at radius 3 is 2.92 bits per heavy atom. The first-order valence-electron chi connectivity index (χ1n) is 5.55. The van der Waals surface area contributed by atoms with Crippen LogP contribution in [0.2, 0.25) is 0 Å². The second-order valence-electron chi connectivity index (χ2n) is 4.04. The highest BCUT2D eigenvalue weighted by atomic mass is 16.1. The predicted octanol–water partition coefficient (Wildman–Crippen LogP) is 2.14. The van der Waals surface area contributed by atoms with Gasteiger partial charge in [-0.25, -0.2) is 0 Å². The van der Waals surface area contributed by atoms with Gasteiger partial charge in [0.2, 0.25) is 0 Å². The molecular formula is C11H21NO. The molecule has 1 rings (SSSR count). The van der Waals surface area contributed by atoms with Gasteiger partial charge in [0.25, 0.3) is 0 Å². The first kappa shape index (κ1) is 10.7. The maximum Gasteiger partial charge on any atom is 0.132 e. The van der Waals surface area contributed by atoms with Crippen LogP contribution in [0.5, 0.6) is 0 Å². The number of piperidine rings is 1. The van der Waals surface area contributed by atoms with Crippen LogP contribution in [0.25, 0.3) is 0 Å². The highest BCUT2D eigenvalue weighted by Gasteiger charge is 2.13. The highest BCUT2D eigenvalue weighted by Crippen LogP contribution is 2.16. The van der Waals surface area contributed by atoms with Crippen LogP contribution < -0.4 is 5.32 Å². The molecule has 0 bridgehead atoms. The summed E-state index contributed by atoms with van der Waals surface area (Å²) in [6, 6.07) is 0. The second kappa shape index (κ2) is 6.14. The zero-order valence-electron chi connectivity index (χ0n) is 8.64. The molecule has 2 heteroatoms. The molecular weight excluding hydrogens is 162 g/mol. The molecule has 1 aliphatic heterocycles. The number of rotatable bonds is 5. The standard InChI is InChI=1S/C11H21NO/c1-2-4-11(13)7-6-10-5-3-8-12-9-10/h10,12H,2-9H2,1H3. The van der Waals surface area contributed by atoms with E-state index in [1.807, 2.05) is 0 Å². The number of carbonyl (C=O) groups excluding carboxylic acids is 1. The monoisotopic (exact) mass is 183 g/mol. The van der Waals surface area contributed by atoms with Crippen molar-refractivity contribution in [1.29, 1.82) is 0 Å². The summed E-state index contributed by atoms with van der Waals surface area (Å²) >= 11 is 0. The van der Waals surface area contributed by atoms with E-state index in [0.29, 0.717) is 5.78 Å². The first-order chi connectivity index (χ1) is 6.33. The summed E-state index contributed by atoms with van der Waals surface area (Å²) in [6.07, 6.45) is 6.28. The van der Waals surface area contributed by atoms with Gasteiger partial charge in [-0.15, -0.1) is 0 Å². The lowest BCUT2D eigenvalue weighted by atomic mass is 9.93. The van der Waals surface area contributed by atoms with Crippen molar-refractivity contribution in [3.8, 4) is 0 Å². The molecule has 0 aliphatic carbocycles. The van der Waals surface area contributed by atoms with Crippen LogP contribution in [0, 0.1) is 5.92 Å². The molecule has 0 aromatic rings. The maximum absolute atomic E-state index is 11.3. The van der Waals surface area contributed by atoms with Crippen molar-refractivity contribution in [2.24, 2.45) is 5.92 Å². The van der Waals surface area contributed by atoms with E-state index in [1.54, 1.807) is 0 Å². The fourth-order valence-electron chi connectivity index (χ4n) is 1.94. The average molecular weight is 183 g/mol. The minimum atomic E-state index is 0.452. The van der Waals surface area contributed by atoms with Crippen molar-refractivity contribution in [2.75, 3.05) is 13.1 Å². The van der Waals surface area contributed by atoms with E-state index in [1.165, 1.54) is 19.4 Å². The molecule has 2 nitrogen and oxygen atoms in total. The van der Waals surface area contributed by atoms with E-state index < -0.39 is 0 Å². The summed E-state index contributed by atoms with van der Waals surface area (Å²) in [6.45, 7) is 4.36. The van der Waals surface area contributed by atoms with Crippen molar-refractivity contribution in [3.63, 3.8) is 0 Å². The van der Waals surface area contributed by atoms with Crippen molar-refractivity contribution >= 4 is 5.78 Å². The molecule has 1 atom stereocenters. The fraction of sp³-hybridized carbons (Fsp3) is 0.909. The molecule has 0 aromatic carbocycles. The quantitative estimate of drug-likeness (QED) is 0.707. The van der Waals surface area contributed by atoms with E-state index >= 15 is 0 Å². The summed E-state index contributed by atoms with van der Waals surface area (Å²) in [5, 5.41) is 3.38. The van der Waals surface area contributed by atoms with Gasteiger partial charge in [0.05, 0.1) is 0 Å². The van der Waals surface area contributed by atoms with Crippen molar-refractivity contribution in [1.82, 2.24) is 5.32 Å². The van der Waals surface area contributed by atoms with E-state index in [4.69, 9.17) is 0 Å². The third-order valence-electron chi connectivity index (χ3n) is 2.76. The Labute approximate surface area is 81.1 Å². The van der Waals surface area contributed by atoms with Crippen LogP contribution in [0.4, 0.5) is 0 Å². The SMILES string of the molecule is CCCC(=O)CCC1CCCNC1. The van der Waals surface area contributed by atoms with Crippen LogP contribution >= 0.6 is 0 Å². The lowest BCUT2D eigenvalue weighted by molar-refractivity contribution is -0.119. The van der Waals surface area contributed by atoms with E-state index in [-0.39, 0.29) is 0 Å². The fourth-order valence-corrected chi connectivity index (χ4v) is 1.94. The van der Waals surface area contributed by atoms with Crippen LogP contribution in [-0.4, -0.2) is 18.9 Å². The van der Waals surface area contributed by atoms with Crippen LogP contribution in [0.15, 0.2) is 0 Å². The predicted molar refractivity (Wildman–Crippen MR) is 54.7 cm³/mol. The van der Waals surface area contributed by atoms with Crippen molar-refractivity contribution in [2.45, 2.75) is 45.4 Å². The molecule has 1 unspecified atom stereocenters. The zero-order chi connectivity index (χ0) is 9.52. The number of ketones is 1. The number of Topliss-reactive ketones (excluding diaryl/α,β-unsaturated/α-hetero) is 1. The van der Waals surface area contributed by atoms with Crippen LogP contribution in [-0.2, 0) is 4.79 Å². The molecule has 0 radical (unpaired) electrons. The van der Waals surface area contributed by atoms with Gasteiger partial charge in [0.15, 0.2) is 0 Å². The average Bonchev–Trinajstić information content (AvgIpc) is 2.17. The topological polar surface area (TPSA) is 29.1 Å². The van der Waals surface area contributed by atoms with Crippen LogP contribution in [0.3, 0.4) is 0 Å². The van der Waals surface area contributed by atoms with Gasteiger partial charge in [0.1, 0.15) is 5.78 Å². The normalized spacial score (nSPS) is 23.0. The summed E-state index contributed by atoms with van der Waals surface area (Å²) in [7, 11) is 0. The lowest BCUT2D eigenvalue weighted by Gasteiger charge is -2.22. The molecule has 1 fully saturated rings. The maximum atomic E-state index is 11.3. The van der Waals surface area contributed by atoms with Gasteiger partial charge in [-0.05, 0) is 44.7 Å². The third-order valence-corrected chi connectivity index (χ3v) is 2.76. The molecule has 76 valence electrons. The third kappa shape index (κ3) is 4.41. The summed E-state index contributed by atoms with van der Waals surface area (Å²) in [5.41, 5.74) is 0. The van der Waals surface area contributed by atoms with E-state index in [0.717, 1.165) is 38.1 Å². The van der Waals surface area contributed by atoms with Gasteiger partial charge in [-0.2, -0.15) is 0 Å². The first-order valence-corrected chi connectivity index (χ1v) is 5.55. The smallest absolute Gasteiger partial charge is 0.132 e. The summed E-state index contributed by atoms with van der Waals surface area (Å²) in [5.74, 6) is 1.21. The molecule has 0 spiro atoms. The van der Waals surface area contributed by atoms with Gasteiger partial charge < -0.3 is 5.32 Å². The Morgan fingerprint density at radius 2 is 2.31 bits per heavy atom. The zero-order valence-corrected chi connectivity index (χ0v) is 8.64. The minimum Gasteiger partial charge on any atom is -0.316 e. The molecule has 1 saturated heterocycles. The van der Waals surface area contributed by atoms with E-state index in [9.17, 15) is 4.79 Å². The second-order valence-corrected chi connectivity index (χ2v) is 4.04. The summed E-state index contributed by atoms with van der Waals surface area (Å²) < 4.78 is 0. The Morgan fingerprint density at radius 1 is 1.46 bits per heavy atom. The largest absolute Gasteiger partial charge is 0.316 e. The van der Waals surface area contributed by atoms with Crippen molar-refractivity contribution in [3.05, 3.63) is 0 Å². The molecule has 1 N–H and O–H groups in total. The van der Waals surface area contributed by atoms with Gasteiger partial charge in [-0.3, -0.25) is 4.79 Å². The van der Waals surface area contributed by atoms with Gasteiger partial charge >= 0.3 is 0 Å². The number of nitrogens with one attached hydrogen (secondary N) is 1. The summed E-state index contributed by atoms with van der Waals surface area (Å²) in [4.78, 5) is 11.3. The minimum absolute atomic E-state index is 0.452. The molecule has 0 saturated carbocycles. The Bertz CT molecular complexity index is 150. The molecule has 0 aromatic heterocycles. The number of hydrogen-bond donors (Lipinski definition) is 1. The number of hydrogen-bond acceptors (Lipinski definition) is 2. The van der Waals surface area contributed by atoms with Gasteiger partial charge in [0, 0.05) is 12.8 Å². The lowest BCUT2D eigenvalue weighted by Crippen LogP contribution is -2.29. The Kier molecular flexibility index (Phi) is 5.06. The number of carbonyl (C=O) groups is 1.